The van der Waals surface area contributed by atoms with E-state index >= 15 is 0 Å². The molecule has 1 unspecified atom stereocenters. The number of hydrogen-bond donors (Lipinski definition) is 0. The van der Waals surface area contributed by atoms with Crippen LogP contribution in [0.25, 0.3) is 10.4 Å². The predicted octanol–water partition coefficient (Wildman–Crippen LogP) is 1.69. The lowest BCUT2D eigenvalue weighted by Crippen LogP contribution is -2.55. The summed E-state index contributed by atoms with van der Waals surface area (Å²) in [5, 5.41) is 3.58. The van der Waals surface area contributed by atoms with Crippen LogP contribution >= 0.6 is 0 Å². The summed E-state index contributed by atoms with van der Waals surface area (Å²) in [5.74, 6) is -1.46. The van der Waals surface area contributed by atoms with Crippen molar-refractivity contribution >= 4 is 0 Å². The van der Waals surface area contributed by atoms with Gasteiger partial charge in [0.1, 0.15) is 18.3 Å². The van der Waals surface area contributed by atoms with Gasteiger partial charge < -0.3 is 23.7 Å². The standard InChI is InChI=1S/C12H19N3O5/c1-11(2)17-7-6(5-14-15-13)16-10-9(8(7)18-11)19-12(3,4)20-10/h6-10H,5H2,1-4H3/t6?,7-,8-,9+,10+/m0/s1. The number of nitrogens with zero attached hydrogens (tertiary/aromatic N) is 3. The monoisotopic (exact) mass is 285 g/mol. The molecule has 20 heavy (non-hydrogen) atoms. The van der Waals surface area contributed by atoms with E-state index in [0.717, 1.165) is 0 Å². The highest BCUT2D eigenvalue weighted by molar-refractivity contribution is 5.00. The molecule has 8 nitrogen and oxygen atoms in total. The fourth-order valence-corrected chi connectivity index (χ4v) is 2.96. The first-order valence-electron chi connectivity index (χ1n) is 6.69. The molecule has 3 aliphatic heterocycles. The predicted molar refractivity (Wildman–Crippen MR) is 66.5 cm³/mol. The van der Waals surface area contributed by atoms with E-state index in [1.807, 2.05) is 27.7 Å². The first-order chi connectivity index (χ1) is 9.31. The summed E-state index contributed by atoms with van der Waals surface area (Å²) >= 11 is 0. The summed E-state index contributed by atoms with van der Waals surface area (Å²) in [4.78, 5) is 2.77. The minimum Gasteiger partial charge on any atom is -0.344 e. The number of ether oxygens (including phenoxy) is 5. The van der Waals surface area contributed by atoms with Crippen LogP contribution in [0.2, 0.25) is 0 Å². The van der Waals surface area contributed by atoms with E-state index in [0.29, 0.717) is 0 Å². The highest BCUT2D eigenvalue weighted by Crippen LogP contribution is 2.44. The first-order valence-corrected chi connectivity index (χ1v) is 6.69. The fourth-order valence-electron chi connectivity index (χ4n) is 2.96. The molecule has 3 aliphatic rings. The van der Waals surface area contributed by atoms with Gasteiger partial charge in [-0.3, -0.25) is 0 Å². The summed E-state index contributed by atoms with van der Waals surface area (Å²) in [5.41, 5.74) is 8.49. The van der Waals surface area contributed by atoms with Crippen molar-refractivity contribution in [3.05, 3.63) is 10.4 Å². The fraction of sp³-hybridized carbons (Fsp3) is 1.00. The normalized spacial score (nSPS) is 44.5. The van der Waals surface area contributed by atoms with E-state index in [4.69, 9.17) is 29.2 Å². The lowest BCUT2D eigenvalue weighted by Gasteiger charge is -2.36. The number of fused-ring (bicyclic) bond motifs is 3. The summed E-state index contributed by atoms with van der Waals surface area (Å²) in [6.07, 6.45) is -1.93. The molecule has 0 saturated carbocycles. The third-order valence-corrected chi connectivity index (χ3v) is 3.58. The van der Waals surface area contributed by atoms with Gasteiger partial charge >= 0.3 is 0 Å². The van der Waals surface area contributed by atoms with Gasteiger partial charge in [-0.2, -0.15) is 0 Å². The minimum atomic E-state index is -0.733. The highest BCUT2D eigenvalue weighted by Gasteiger charge is 2.60. The highest BCUT2D eigenvalue weighted by atomic mass is 16.9. The van der Waals surface area contributed by atoms with Gasteiger partial charge in [-0.15, -0.1) is 0 Å². The Hall–Kier alpha value is -0.890. The summed E-state index contributed by atoms with van der Waals surface area (Å²) in [6, 6.07) is 0. The molecule has 5 atom stereocenters. The zero-order chi connectivity index (χ0) is 14.5. The SMILES string of the molecule is CC1(C)O[C@H]2OC(CN=[N+]=[N-])[C@@H]3OC(C)(C)O[C@@H]3[C@H]2O1. The van der Waals surface area contributed by atoms with E-state index in [2.05, 4.69) is 10.0 Å². The Morgan fingerprint density at radius 3 is 2.25 bits per heavy atom. The van der Waals surface area contributed by atoms with Crippen molar-refractivity contribution in [3.63, 3.8) is 0 Å². The lowest BCUT2D eigenvalue weighted by atomic mass is 9.99. The Balaban J connectivity index is 1.85. The third kappa shape index (κ3) is 2.39. The van der Waals surface area contributed by atoms with Crippen LogP contribution in [0.4, 0.5) is 0 Å². The Bertz CT molecular complexity index is 448. The summed E-state index contributed by atoms with van der Waals surface area (Å²) in [7, 11) is 0. The van der Waals surface area contributed by atoms with Crippen LogP contribution < -0.4 is 0 Å². The van der Waals surface area contributed by atoms with Crippen molar-refractivity contribution in [1.29, 1.82) is 0 Å². The van der Waals surface area contributed by atoms with E-state index in [1.54, 1.807) is 0 Å². The van der Waals surface area contributed by atoms with Crippen LogP contribution in [0, 0.1) is 0 Å². The Morgan fingerprint density at radius 2 is 1.55 bits per heavy atom. The third-order valence-electron chi connectivity index (χ3n) is 3.58. The smallest absolute Gasteiger partial charge is 0.190 e. The molecule has 8 heteroatoms. The van der Waals surface area contributed by atoms with Gasteiger partial charge in [-0.1, -0.05) is 5.11 Å². The molecular weight excluding hydrogens is 266 g/mol. The maximum Gasteiger partial charge on any atom is 0.190 e. The average molecular weight is 285 g/mol. The summed E-state index contributed by atoms with van der Waals surface area (Å²) in [6.45, 7) is 7.50. The van der Waals surface area contributed by atoms with Gasteiger partial charge in [0.05, 0.1) is 12.6 Å². The molecule has 0 spiro atoms. The molecule has 3 saturated heterocycles. The molecule has 3 heterocycles. The zero-order valence-electron chi connectivity index (χ0n) is 12.0. The summed E-state index contributed by atoms with van der Waals surface area (Å²) < 4.78 is 29.2. The van der Waals surface area contributed by atoms with Crippen molar-refractivity contribution in [3.8, 4) is 0 Å². The second-order valence-corrected chi connectivity index (χ2v) is 6.12. The van der Waals surface area contributed by atoms with Crippen LogP contribution in [-0.4, -0.2) is 48.8 Å². The molecule has 3 rings (SSSR count). The van der Waals surface area contributed by atoms with Gasteiger partial charge in [-0.25, -0.2) is 0 Å². The number of rotatable bonds is 2. The quantitative estimate of drug-likeness (QED) is 0.437. The van der Waals surface area contributed by atoms with Crippen molar-refractivity contribution in [1.82, 2.24) is 0 Å². The van der Waals surface area contributed by atoms with E-state index in [1.165, 1.54) is 0 Å². The molecule has 0 radical (unpaired) electrons. The maximum atomic E-state index is 8.49. The zero-order valence-corrected chi connectivity index (χ0v) is 12.0. The molecule has 0 aromatic carbocycles. The molecule has 0 amide bonds. The van der Waals surface area contributed by atoms with Gasteiger partial charge in [0.15, 0.2) is 17.9 Å². The van der Waals surface area contributed by atoms with E-state index < -0.39 is 24.0 Å². The number of hydrogen-bond acceptors (Lipinski definition) is 6. The first kappa shape index (κ1) is 14.1. The maximum absolute atomic E-state index is 8.49. The van der Waals surface area contributed by atoms with Gasteiger partial charge in [0.2, 0.25) is 0 Å². The molecule has 0 N–H and O–H groups in total. The topological polar surface area (TPSA) is 94.9 Å². The van der Waals surface area contributed by atoms with Crippen LogP contribution in [0.5, 0.6) is 0 Å². The molecule has 112 valence electrons. The largest absolute Gasteiger partial charge is 0.344 e. The number of azide groups is 1. The lowest BCUT2D eigenvalue weighted by molar-refractivity contribution is -0.231. The Kier molecular flexibility index (Phi) is 3.20. The van der Waals surface area contributed by atoms with Crippen LogP contribution in [0.1, 0.15) is 27.7 Å². The molecule has 0 aromatic rings. The molecule has 0 aliphatic carbocycles. The minimum absolute atomic E-state index is 0.171. The van der Waals surface area contributed by atoms with Gasteiger partial charge in [-0.05, 0) is 33.2 Å². The second-order valence-electron chi connectivity index (χ2n) is 6.12. The van der Waals surface area contributed by atoms with Crippen molar-refractivity contribution in [2.24, 2.45) is 5.11 Å². The molecular formula is C12H19N3O5. The molecule has 0 bridgehead atoms. The molecule has 3 fully saturated rings. The van der Waals surface area contributed by atoms with Crippen LogP contribution in [0.15, 0.2) is 5.11 Å². The van der Waals surface area contributed by atoms with Crippen molar-refractivity contribution in [2.45, 2.75) is 70.0 Å². The molecule has 0 aromatic heterocycles. The average Bonchev–Trinajstić information content (AvgIpc) is 2.80. The van der Waals surface area contributed by atoms with Crippen LogP contribution in [0.3, 0.4) is 0 Å². The van der Waals surface area contributed by atoms with Gasteiger partial charge in [0.25, 0.3) is 0 Å². The Morgan fingerprint density at radius 1 is 0.950 bits per heavy atom. The van der Waals surface area contributed by atoms with Gasteiger partial charge in [0, 0.05) is 4.91 Å². The Labute approximate surface area is 116 Å². The van der Waals surface area contributed by atoms with Crippen molar-refractivity contribution in [2.75, 3.05) is 6.54 Å². The van der Waals surface area contributed by atoms with Crippen LogP contribution in [-0.2, 0) is 23.7 Å². The van der Waals surface area contributed by atoms with E-state index in [9.17, 15) is 0 Å². The van der Waals surface area contributed by atoms with E-state index in [-0.39, 0.29) is 24.9 Å². The second kappa shape index (κ2) is 4.56. The van der Waals surface area contributed by atoms with Crippen molar-refractivity contribution < 1.29 is 23.7 Å².